The van der Waals surface area contributed by atoms with Gasteiger partial charge in [-0.15, -0.1) is 0 Å². The molecule has 1 saturated carbocycles. The van der Waals surface area contributed by atoms with Crippen LogP contribution in [0, 0.1) is 11.8 Å². The van der Waals surface area contributed by atoms with Crippen molar-refractivity contribution >= 4 is 5.97 Å². The molecule has 2 aromatic carbocycles. The van der Waals surface area contributed by atoms with Crippen LogP contribution >= 0.6 is 0 Å². The number of methoxy groups -OCH3 is 3. The van der Waals surface area contributed by atoms with Crippen molar-refractivity contribution in [2.24, 2.45) is 22.2 Å². The third-order valence-electron chi connectivity index (χ3n) is 8.57. The summed E-state index contributed by atoms with van der Waals surface area (Å²) in [5, 5.41) is 11.4. The molecule has 2 fully saturated rings. The normalized spacial score (nSPS) is 30.6. The van der Waals surface area contributed by atoms with E-state index in [-0.39, 0.29) is 42.7 Å². The van der Waals surface area contributed by atoms with Crippen LogP contribution in [0.4, 0.5) is 0 Å². The molecular weight excluding hydrogens is 478 g/mol. The molecule has 6 atom stereocenters. The summed E-state index contributed by atoms with van der Waals surface area (Å²) in [5.41, 5.74) is 2.93. The minimum Gasteiger partial charge on any atom is -0.493 e. The molecule has 37 heavy (non-hydrogen) atoms. The lowest BCUT2D eigenvalue weighted by Crippen LogP contribution is -2.44. The number of hydrogen-bond donors (Lipinski definition) is 0. The van der Waals surface area contributed by atoms with Gasteiger partial charge in [-0.3, -0.25) is 9.80 Å². The zero-order chi connectivity index (χ0) is 25.3. The Labute approximate surface area is 214 Å². The monoisotopic (exact) mass is 507 g/mol. The van der Waals surface area contributed by atoms with Crippen LogP contribution in [0.2, 0.25) is 0 Å². The Hall–Kier alpha value is -3.69. The molecule has 0 amide bonds. The smallest absolute Gasteiger partial charge is 0.310 e. The third kappa shape index (κ3) is 3.20. The highest BCUT2D eigenvalue weighted by Crippen LogP contribution is 2.58. The van der Waals surface area contributed by atoms with Gasteiger partial charge in [0.25, 0.3) is 0 Å². The van der Waals surface area contributed by atoms with E-state index in [0.29, 0.717) is 35.4 Å². The molecule has 3 unspecified atom stereocenters. The Bertz CT molecular complexity index is 1270. The van der Waals surface area contributed by atoms with Crippen LogP contribution in [0.1, 0.15) is 47.9 Å². The summed E-state index contributed by atoms with van der Waals surface area (Å²) in [6, 6.07) is 8.21. The maximum atomic E-state index is 13.4. The van der Waals surface area contributed by atoms with Crippen LogP contribution < -0.4 is 23.7 Å². The van der Waals surface area contributed by atoms with Gasteiger partial charge in [-0.2, -0.15) is 5.11 Å². The van der Waals surface area contributed by atoms with Crippen LogP contribution in [-0.2, 0) is 9.53 Å². The Kier molecular flexibility index (Phi) is 5.12. The molecule has 3 heterocycles. The molecule has 2 aliphatic carbocycles. The highest BCUT2D eigenvalue weighted by Gasteiger charge is 2.56. The predicted molar refractivity (Wildman–Crippen MR) is 129 cm³/mol. The zero-order valence-corrected chi connectivity index (χ0v) is 21.0. The lowest BCUT2D eigenvalue weighted by Gasteiger charge is -2.43. The first-order valence-electron chi connectivity index (χ1n) is 12.7. The van der Waals surface area contributed by atoms with Gasteiger partial charge in [0.1, 0.15) is 0 Å². The lowest BCUT2D eigenvalue weighted by atomic mass is 9.65. The molecule has 0 bridgehead atoms. The van der Waals surface area contributed by atoms with Crippen molar-refractivity contribution < 1.29 is 33.2 Å². The zero-order valence-electron chi connectivity index (χ0n) is 21.0. The second-order valence-electron chi connectivity index (χ2n) is 10.2. The van der Waals surface area contributed by atoms with Crippen molar-refractivity contribution in [3.05, 3.63) is 41.0 Å². The first-order chi connectivity index (χ1) is 18.1. The van der Waals surface area contributed by atoms with Gasteiger partial charge in [0.05, 0.1) is 52.0 Å². The molecule has 2 aromatic rings. The molecule has 10 nitrogen and oxygen atoms in total. The van der Waals surface area contributed by atoms with Gasteiger partial charge in [-0.05, 0) is 60.2 Å². The van der Waals surface area contributed by atoms with Gasteiger partial charge in [-0.1, -0.05) is 5.22 Å². The van der Waals surface area contributed by atoms with Gasteiger partial charge in [0.2, 0.25) is 12.5 Å². The lowest BCUT2D eigenvalue weighted by molar-refractivity contribution is -0.141. The molecule has 194 valence electrons. The number of carbonyl (C=O) groups excluding carboxylic acids is 1. The third-order valence-corrected chi connectivity index (χ3v) is 8.57. The van der Waals surface area contributed by atoms with Crippen molar-refractivity contribution in [2.45, 2.75) is 43.3 Å². The average molecular weight is 508 g/mol. The van der Waals surface area contributed by atoms with E-state index in [9.17, 15) is 4.79 Å². The number of benzene rings is 2. The summed E-state index contributed by atoms with van der Waals surface area (Å²) in [6.07, 6.45) is 3.21. The molecule has 10 heteroatoms. The van der Waals surface area contributed by atoms with Gasteiger partial charge in [0, 0.05) is 11.8 Å². The maximum absolute atomic E-state index is 13.4. The van der Waals surface area contributed by atoms with E-state index < -0.39 is 5.92 Å². The van der Waals surface area contributed by atoms with Crippen molar-refractivity contribution in [1.29, 1.82) is 0 Å². The van der Waals surface area contributed by atoms with Gasteiger partial charge in [0.15, 0.2) is 23.0 Å². The van der Waals surface area contributed by atoms with E-state index >= 15 is 0 Å². The van der Waals surface area contributed by atoms with Crippen LogP contribution in [0.25, 0.3) is 0 Å². The molecule has 1 saturated heterocycles. The SMILES string of the molecule is COc1cc([C@@H]2c3cc4c(cc3C(N3N=NC5CCCC53)[C@H]3COC(=O)[C@H]23)OCO4)cc(OC)c1OC. The average Bonchev–Trinajstić information content (AvgIpc) is 3.71. The fourth-order valence-corrected chi connectivity index (χ4v) is 6.97. The van der Waals surface area contributed by atoms with Crippen molar-refractivity contribution in [3.8, 4) is 28.7 Å². The minimum absolute atomic E-state index is 0.109. The number of carbonyl (C=O) groups is 1. The summed E-state index contributed by atoms with van der Waals surface area (Å²) >= 11 is 0. The summed E-state index contributed by atoms with van der Waals surface area (Å²) < 4.78 is 34.2. The van der Waals surface area contributed by atoms with Gasteiger partial charge < -0.3 is 28.4 Å². The molecule has 0 radical (unpaired) electrons. The van der Waals surface area contributed by atoms with E-state index in [1.807, 2.05) is 18.2 Å². The van der Waals surface area contributed by atoms with Gasteiger partial charge in [-0.25, -0.2) is 0 Å². The van der Waals surface area contributed by atoms with Crippen molar-refractivity contribution in [2.75, 3.05) is 34.7 Å². The highest BCUT2D eigenvalue weighted by molar-refractivity contribution is 5.79. The molecule has 0 aromatic heterocycles. The Morgan fingerprint density at radius 3 is 2.35 bits per heavy atom. The summed E-state index contributed by atoms with van der Waals surface area (Å²) in [4.78, 5) is 13.4. The molecular formula is C27H29N3O7. The van der Waals surface area contributed by atoms with Crippen molar-refractivity contribution in [3.63, 3.8) is 0 Å². The van der Waals surface area contributed by atoms with E-state index in [1.165, 1.54) is 0 Å². The first kappa shape index (κ1) is 22.5. The minimum atomic E-state index is -0.420. The number of ether oxygens (including phenoxy) is 6. The van der Waals surface area contributed by atoms with Gasteiger partial charge >= 0.3 is 5.97 Å². The predicted octanol–water partition coefficient (Wildman–Crippen LogP) is 4.02. The largest absolute Gasteiger partial charge is 0.493 e. The molecule has 7 rings (SSSR count). The Morgan fingerprint density at radius 2 is 1.65 bits per heavy atom. The topological polar surface area (TPSA) is 100 Å². The fourth-order valence-electron chi connectivity index (χ4n) is 6.97. The number of rotatable bonds is 5. The number of cyclic esters (lactones) is 1. The Balaban J connectivity index is 1.44. The summed E-state index contributed by atoms with van der Waals surface area (Å²) in [7, 11) is 4.76. The highest BCUT2D eigenvalue weighted by atomic mass is 16.7. The molecule has 3 aliphatic heterocycles. The Morgan fingerprint density at radius 1 is 0.919 bits per heavy atom. The first-order valence-corrected chi connectivity index (χ1v) is 12.7. The van der Waals surface area contributed by atoms with Crippen LogP contribution in [-0.4, -0.2) is 57.8 Å². The van der Waals surface area contributed by atoms with E-state index in [1.54, 1.807) is 21.3 Å². The standard InChI is InChI=1S/C27H29N3O7/c1-32-21-7-13(8-22(33-2)26(21)34-3)23-14-9-19-20(37-12-36-19)10-15(14)25(16-11-35-27(31)24(16)23)30-18-6-4-5-17(18)28-29-30/h7-10,16-18,23-25H,4-6,11-12H2,1-3H3/t16-,17?,18?,23+,24-,25?/m0/s1. The second-order valence-corrected chi connectivity index (χ2v) is 10.2. The second kappa shape index (κ2) is 8.43. The molecule has 0 N–H and O–H groups in total. The van der Waals surface area contributed by atoms with Crippen LogP contribution in [0.3, 0.4) is 0 Å². The van der Waals surface area contributed by atoms with Crippen LogP contribution in [0.5, 0.6) is 28.7 Å². The quantitative estimate of drug-likeness (QED) is 0.560. The maximum Gasteiger partial charge on any atom is 0.310 e. The van der Waals surface area contributed by atoms with E-state index in [4.69, 9.17) is 28.4 Å². The number of nitrogens with zero attached hydrogens (tertiary/aromatic N) is 3. The number of hydrogen-bond acceptors (Lipinski definition) is 10. The van der Waals surface area contributed by atoms with E-state index in [0.717, 1.165) is 36.0 Å². The molecule has 5 aliphatic rings. The summed E-state index contributed by atoms with van der Waals surface area (Å²) in [6.45, 7) is 0.493. The fraction of sp³-hybridized carbons (Fsp3) is 0.519. The number of fused-ring (bicyclic) bond motifs is 4. The van der Waals surface area contributed by atoms with E-state index in [2.05, 4.69) is 21.4 Å². The number of esters is 1. The van der Waals surface area contributed by atoms with Crippen molar-refractivity contribution in [1.82, 2.24) is 5.01 Å². The summed E-state index contributed by atoms with van der Waals surface area (Å²) in [5.74, 6) is 1.89. The van der Waals surface area contributed by atoms with Crippen LogP contribution in [0.15, 0.2) is 34.6 Å². The molecule has 0 spiro atoms.